The molecule has 0 spiro atoms. The summed E-state index contributed by atoms with van der Waals surface area (Å²) in [7, 11) is -0.365. The molecule has 0 atom stereocenters. The molecule has 0 N–H and O–H groups in total. The average molecular weight is 396 g/mol. The number of halogens is 1. The number of rotatable bonds is 6. The van der Waals surface area contributed by atoms with Gasteiger partial charge in [0.05, 0.1) is 0 Å². The molecule has 0 saturated carbocycles. The van der Waals surface area contributed by atoms with Crippen LogP contribution in [0.1, 0.15) is 5.56 Å². The monoisotopic (exact) mass is 395 g/mol. The van der Waals surface area contributed by atoms with Crippen molar-refractivity contribution in [1.82, 2.24) is 0 Å². The van der Waals surface area contributed by atoms with Gasteiger partial charge in [-0.2, -0.15) is 0 Å². The summed E-state index contributed by atoms with van der Waals surface area (Å²) in [6, 6.07) is 29.7. The first-order valence-corrected chi connectivity index (χ1v) is 10.3. The second-order valence-corrected chi connectivity index (χ2v) is 8.57. The zero-order valence-corrected chi connectivity index (χ0v) is 15.8. The van der Waals surface area contributed by atoms with E-state index in [1.165, 1.54) is 10.6 Å². The lowest BCUT2D eigenvalue weighted by molar-refractivity contribution is 1.15. The Bertz CT molecular complexity index is 748. The number of aliphatic imine (C=N–C) groups is 1. The van der Waals surface area contributed by atoms with E-state index in [-0.39, 0.29) is 7.92 Å². The molecule has 3 aromatic rings. The molecule has 120 valence electrons. The van der Waals surface area contributed by atoms with E-state index in [2.05, 4.69) is 87.7 Å². The van der Waals surface area contributed by atoms with E-state index < -0.39 is 0 Å². The number of hydrogen-bond acceptors (Lipinski definition) is 1. The van der Waals surface area contributed by atoms with Gasteiger partial charge in [-0.15, -0.1) is 0 Å². The Morgan fingerprint density at radius 1 is 0.750 bits per heavy atom. The van der Waals surface area contributed by atoms with Gasteiger partial charge < -0.3 is 0 Å². The van der Waals surface area contributed by atoms with E-state index in [0.29, 0.717) is 0 Å². The normalized spacial score (nSPS) is 11.2. The highest BCUT2D eigenvalue weighted by Crippen LogP contribution is 2.32. The van der Waals surface area contributed by atoms with Gasteiger partial charge >= 0.3 is 0 Å². The summed E-state index contributed by atoms with van der Waals surface area (Å²) < 4.78 is 1.09. The van der Waals surface area contributed by atoms with Gasteiger partial charge in [0.1, 0.15) is 0 Å². The van der Waals surface area contributed by atoms with E-state index >= 15 is 0 Å². The quantitative estimate of drug-likeness (QED) is 0.411. The van der Waals surface area contributed by atoms with Crippen LogP contribution in [0.25, 0.3) is 0 Å². The van der Waals surface area contributed by atoms with E-state index in [1.54, 1.807) is 0 Å². The molecular weight excluding hydrogens is 377 g/mol. The van der Waals surface area contributed by atoms with Crippen molar-refractivity contribution in [2.75, 3.05) is 12.7 Å². The Labute approximate surface area is 153 Å². The summed E-state index contributed by atoms with van der Waals surface area (Å²) in [4.78, 5) is 4.65. The smallest absolute Gasteiger partial charge is 0.0434 e. The van der Waals surface area contributed by atoms with Gasteiger partial charge in [-0.25, -0.2) is 0 Å². The van der Waals surface area contributed by atoms with E-state index in [1.807, 2.05) is 24.4 Å². The minimum absolute atomic E-state index is 0.365. The summed E-state index contributed by atoms with van der Waals surface area (Å²) in [5.41, 5.74) is 1.13. The Morgan fingerprint density at radius 3 is 1.88 bits per heavy atom. The van der Waals surface area contributed by atoms with Crippen molar-refractivity contribution >= 4 is 40.7 Å². The lowest BCUT2D eigenvalue weighted by atomic mass is 10.2. The van der Waals surface area contributed by atoms with Gasteiger partial charge in [-0.3, -0.25) is 4.99 Å². The van der Waals surface area contributed by atoms with E-state index in [0.717, 1.165) is 22.7 Å². The largest absolute Gasteiger partial charge is 0.292 e. The molecular formula is C21H19BrNP. The zero-order valence-electron chi connectivity index (χ0n) is 13.3. The van der Waals surface area contributed by atoms with Gasteiger partial charge in [-0.1, -0.05) is 94.8 Å². The molecule has 0 aliphatic carbocycles. The first-order valence-electron chi connectivity index (χ1n) is 7.96. The summed E-state index contributed by atoms with van der Waals surface area (Å²) in [6.45, 7) is 0.830. The molecule has 0 bridgehead atoms. The van der Waals surface area contributed by atoms with Crippen molar-refractivity contribution in [2.24, 2.45) is 4.99 Å². The van der Waals surface area contributed by atoms with Gasteiger partial charge in [-0.05, 0) is 30.8 Å². The first kappa shape index (κ1) is 17.1. The van der Waals surface area contributed by atoms with E-state index in [4.69, 9.17) is 0 Å². The lowest BCUT2D eigenvalue weighted by Gasteiger charge is -2.17. The third-order valence-electron chi connectivity index (χ3n) is 3.72. The predicted octanol–water partition coefficient (Wildman–Crippen LogP) is 5.00. The molecule has 1 nitrogen and oxygen atoms in total. The highest BCUT2D eigenvalue weighted by atomic mass is 79.9. The van der Waals surface area contributed by atoms with Crippen LogP contribution in [0.4, 0.5) is 0 Å². The molecule has 0 heterocycles. The minimum Gasteiger partial charge on any atom is -0.292 e. The van der Waals surface area contributed by atoms with E-state index in [9.17, 15) is 0 Å². The fourth-order valence-corrected chi connectivity index (χ4v) is 5.10. The van der Waals surface area contributed by atoms with Crippen LogP contribution in [0.5, 0.6) is 0 Å². The summed E-state index contributed by atoms with van der Waals surface area (Å²) >= 11 is 3.56. The van der Waals surface area contributed by atoms with Gasteiger partial charge in [0.15, 0.2) is 0 Å². The van der Waals surface area contributed by atoms with Crippen LogP contribution >= 0.6 is 23.9 Å². The van der Waals surface area contributed by atoms with Crippen molar-refractivity contribution in [3.8, 4) is 0 Å². The SMILES string of the molecule is Brc1ccccc1C=NCCP(c1ccccc1)c1ccccc1. The maximum atomic E-state index is 4.65. The third kappa shape index (κ3) is 4.63. The second-order valence-electron chi connectivity index (χ2n) is 5.38. The Kier molecular flexibility index (Phi) is 6.34. The standard InChI is InChI=1S/C21H19BrNP/c22-21-14-8-7-9-18(21)17-23-15-16-24(19-10-3-1-4-11-19)20-12-5-2-6-13-20/h1-14,17H,15-16H2. The average Bonchev–Trinajstić information content (AvgIpc) is 2.64. The van der Waals surface area contributed by atoms with Crippen molar-refractivity contribution < 1.29 is 0 Å². The van der Waals surface area contributed by atoms with Crippen molar-refractivity contribution in [1.29, 1.82) is 0 Å². The first-order chi connectivity index (χ1) is 11.8. The maximum absolute atomic E-state index is 4.65. The third-order valence-corrected chi connectivity index (χ3v) is 6.94. The summed E-state index contributed by atoms with van der Waals surface area (Å²) in [5, 5.41) is 2.82. The van der Waals surface area contributed by atoms with Crippen molar-refractivity contribution in [3.63, 3.8) is 0 Å². The molecule has 0 amide bonds. The van der Waals surface area contributed by atoms with Gasteiger partial charge in [0, 0.05) is 22.8 Å². The second kappa shape index (κ2) is 8.92. The lowest BCUT2D eigenvalue weighted by Crippen LogP contribution is -2.15. The summed E-state index contributed by atoms with van der Waals surface area (Å²) in [6.07, 6.45) is 3.03. The maximum Gasteiger partial charge on any atom is 0.0434 e. The van der Waals surface area contributed by atoms with Crippen molar-refractivity contribution in [2.45, 2.75) is 0 Å². The molecule has 0 unspecified atom stereocenters. The molecule has 0 aliphatic rings. The van der Waals surface area contributed by atoms with Crippen molar-refractivity contribution in [3.05, 3.63) is 95.0 Å². The molecule has 0 aliphatic heterocycles. The Balaban J connectivity index is 1.72. The predicted molar refractivity (Wildman–Crippen MR) is 111 cm³/mol. The Hall–Kier alpha value is -1.76. The van der Waals surface area contributed by atoms with Crippen LogP contribution in [0, 0.1) is 0 Å². The number of benzene rings is 3. The number of hydrogen-bond donors (Lipinski definition) is 0. The van der Waals surface area contributed by atoms with Gasteiger partial charge in [0.2, 0.25) is 0 Å². The highest BCUT2D eigenvalue weighted by molar-refractivity contribution is 9.10. The summed E-state index contributed by atoms with van der Waals surface area (Å²) in [5.74, 6) is 0. The molecule has 3 rings (SSSR count). The highest BCUT2D eigenvalue weighted by Gasteiger charge is 2.12. The van der Waals surface area contributed by atoms with Crippen LogP contribution in [0.15, 0.2) is 94.4 Å². The molecule has 3 heteroatoms. The Morgan fingerprint density at radius 2 is 1.29 bits per heavy atom. The molecule has 0 saturated heterocycles. The fourth-order valence-electron chi connectivity index (χ4n) is 2.52. The molecule has 24 heavy (non-hydrogen) atoms. The van der Waals surface area contributed by atoms with Crippen LogP contribution < -0.4 is 10.6 Å². The van der Waals surface area contributed by atoms with Gasteiger partial charge in [0.25, 0.3) is 0 Å². The molecule has 0 fully saturated rings. The fraction of sp³-hybridized carbons (Fsp3) is 0.0952. The minimum atomic E-state index is -0.365. The molecule has 0 radical (unpaired) electrons. The van der Waals surface area contributed by atoms with Crippen LogP contribution in [0.3, 0.4) is 0 Å². The zero-order chi connectivity index (χ0) is 16.6. The van der Waals surface area contributed by atoms with Crippen LogP contribution in [-0.4, -0.2) is 18.9 Å². The topological polar surface area (TPSA) is 12.4 Å². The van der Waals surface area contributed by atoms with Crippen LogP contribution in [-0.2, 0) is 0 Å². The van der Waals surface area contributed by atoms with Crippen LogP contribution in [0.2, 0.25) is 0 Å². The number of nitrogens with zero attached hydrogens (tertiary/aromatic N) is 1. The molecule has 3 aromatic carbocycles. The molecule has 0 aromatic heterocycles.